The molecule has 1 atom stereocenters. The molecule has 0 radical (unpaired) electrons. The van der Waals surface area contributed by atoms with Crippen molar-refractivity contribution >= 4 is 6.03 Å². The van der Waals surface area contributed by atoms with Crippen LogP contribution < -0.4 is 10.1 Å². The molecule has 2 aromatic rings. The number of hydrogen-bond acceptors (Lipinski definition) is 3. The van der Waals surface area contributed by atoms with Gasteiger partial charge in [0.05, 0.1) is 6.61 Å². The van der Waals surface area contributed by atoms with Crippen molar-refractivity contribution in [3.8, 4) is 5.75 Å². The summed E-state index contributed by atoms with van der Waals surface area (Å²) in [4.78, 5) is 17.3. The van der Waals surface area contributed by atoms with Gasteiger partial charge in [0.25, 0.3) is 0 Å². The summed E-state index contributed by atoms with van der Waals surface area (Å²) in [6.07, 6.45) is 2.27. The second-order valence-corrected chi connectivity index (χ2v) is 9.28. The van der Waals surface area contributed by atoms with E-state index in [9.17, 15) is 9.18 Å². The predicted octanol–water partition coefficient (Wildman–Crippen LogP) is 4.91. The Morgan fingerprint density at radius 1 is 1.16 bits per heavy atom. The summed E-state index contributed by atoms with van der Waals surface area (Å²) in [5.41, 5.74) is 1.95. The zero-order valence-corrected chi connectivity index (χ0v) is 19.5. The Hall–Kier alpha value is -2.60. The van der Waals surface area contributed by atoms with Crippen LogP contribution in [0.1, 0.15) is 37.8 Å². The fraction of sp³-hybridized carbons (Fsp3) is 0.500. The first kappa shape index (κ1) is 24.1. The van der Waals surface area contributed by atoms with Gasteiger partial charge in [0.2, 0.25) is 0 Å². The SMILES string of the molecule is CC(C)COc1ccc(CNC(=O)N(Cc2ccc(F)cc2)C[C@H]2CCCN(C)C2)cc1. The summed E-state index contributed by atoms with van der Waals surface area (Å²) in [5, 5.41) is 3.06. The third kappa shape index (κ3) is 7.83. The zero-order valence-electron chi connectivity index (χ0n) is 19.5. The number of carbonyl (C=O) groups excluding carboxylic acids is 1. The van der Waals surface area contributed by atoms with Crippen LogP contribution >= 0.6 is 0 Å². The molecular formula is C26H36FN3O2. The number of nitrogens with zero attached hydrogens (tertiary/aromatic N) is 2. The molecule has 2 aromatic carbocycles. The molecule has 1 aliphatic heterocycles. The maximum Gasteiger partial charge on any atom is 0.317 e. The van der Waals surface area contributed by atoms with Gasteiger partial charge in [0, 0.05) is 26.2 Å². The molecule has 1 heterocycles. The van der Waals surface area contributed by atoms with Gasteiger partial charge in [0.15, 0.2) is 0 Å². The number of urea groups is 1. The van der Waals surface area contributed by atoms with Gasteiger partial charge in [0.1, 0.15) is 11.6 Å². The van der Waals surface area contributed by atoms with Crippen LogP contribution in [0.15, 0.2) is 48.5 Å². The highest BCUT2D eigenvalue weighted by atomic mass is 19.1. The van der Waals surface area contributed by atoms with Crippen LogP contribution in [0.5, 0.6) is 5.75 Å². The van der Waals surface area contributed by atoms with E-state index >= 15 is 0 Å². The number of carbonyl (C=O) groups is 1. The Kier molecular flexibility index (Phi) is 8.91. The van der Waals surface area contributed by atoms with Crippen molar-refractivity contribution in [2.45, 2.75) is 39.8 Å². The molecule has 1 N–H and O–H groups in total. The van der Waals surface area contributed by atoms with Crippen LogP contribution in [-0.4, -0.2) is 49.1 Å². The molecule has 0 aromatic heterocycles. The van der Waals surface area contributed by atoms with Gasteiger partial charge in [-0.25, -0.2) is 9.18 Å². The summed E-state index contributed by atoms with van der Waals surface area (Å²) < 4.78 is 19.0. The molecule has 0 saturated carbocycles. The average molecular weight is 442 g/mol. The molecule has 0 spiro atoms. The molecular weight excluding hydrogens is 405 g/mol. The first-order valence-corrected chi connectivity index (χ1v) is 11.6. The normalized spacial score (nSPS) is 16.7. The van der Waals surface area contributed by atoms with Crippen molar-refractivity contribution in [1.82, 2.24) is 15.1 Å². The molecule has 0 aliphatic carbocycles. The van der Waals surface area contributed by atoms with Crippen LogP contribution in [0.2, 0.25) is 0 Å². The Morgan fingerprint density at radius 2 is 1.84 bits per heavy atom. The average Bonchev–Trinajstić information content (AvgIpc) is 2.78. The number of halogens is 1. The van der Waals surface area contributed by atoms with E-state index in [2.05, 4.69) is 31.1 Å². The van der Waals surface area contributed by atoms with Gasteiger partial charge in [-0.15, -0.1) is 0 Å². The van der Waals surface area contributed by atoms with Gasteiger partial charge in [-0.2, -0.15) is 0 Å². The number of amides is 2. The number of likely N-dealkylation sites (tertiary alicyclic amines) is 1. The van der Waals surface area contributed by atoms with Gasteiger partial charge in [-0.05, 0) is 73.7 Å². The molecule has 5 nitrogen and oxygen atoms in total. The third-order valence-corrected chi connectivity index (χ3v) is 5.72. The minimum Gasteiger partial charge on any atom is -0.493 e. The largest absolute Gasteiger partial charge is 0.493 e. The molecule has 1 saturated heterocycles. The maximum atomic E-state index is 13.3. The molecule has 2 amide bonds. The van der Waals surface area contributed by atoms with Crippen LogP contribution in [0.3, 0.4) is 0 Å². The number of nitrogens with one attached hydrogen (secondary N) is 1. The minimum absolute atomic E-state index is 0.0947. The fourth-order valence-electron chi connectivity index (χ4n) is 4.02. The van der Waals surface area contributed by atoms with Crippen molar-refractivity contribution in [1.29, 1.82) is 0 Å². The van der Waals surface area contributed by atoms with Gasteiger partial charge in [-0.1, -0.05) is 38.1 Å². The molecule has 174 valence electrons. The molecule has 0 bridgehead atoms. The van der Waals surface area contributed by atoms with E-state index in [0.29, 0.717) is 38.1 Å². The Balaban J connectivity index is 1.59. The molecule has 3 rings (SSSR count). The molecule has 1 aliphatic rings. The summed E-state index contributed by atoms with van der Waals surface area (Å²) in [5.74, 6) is 1.50. The van der Waals surface area contributed by atoms with Crippen molar-refractivity contribution < 1.29 is 13.9 Å². The highest BCUT2D eigenvalue weighted by molar-refractivity contribution is 5.74. The van der Waals surface area contributed by atoms with E-state index in [0.717, 1.165) is 42.8 Å². The maximum absolute atomic E-state index is 13.3. The van der Waals surface area contributed by atoms with Crippen LogP contribution in [0.25, 0.3) is 0 Å². The Morgan fingerprint density at radius 3 is 2.50 bits per heavy atom. The fourth-order valence-corrected chi connectivity index (χ4v) is 4.02. The van der Waals surface area contributed by atoms with Gasteiger partial charge < -0.3 is 19.9 Å². The number of rotatable bonds is 9. The summed E-state index contributed by atoms with van der Waals surface area (Å²) >= 11 is 0. The summed E-state index contributed by atoms with van der Waals surface area (Å²) in [7, 11) is 2.13. The molecule has 0 unspecified atom stereocenters. The number of ether oxygens (including phenoxy) is 1. The van der Waals surface area contributed by atoms with Crippen LogP contribution in [0, 0.1) is 17.7 Å². The number of benzene rings is 2. The first-order chi connectivity index (χ1) is 15.4. The summed E-state index contributed by atoms with van der Waals surface area (Å²) in [6, 6.07) is 14.1. The van der Waals surface area contributed by atoms with E-state index in [4.69, 9.17) is 4.74 Å². The van der Waals surface area contributed by atoms with E-state index in [-0.39, 0.29) is 11.8 Å². The van der Waals surface area contributed by atoms with Crippen molar-refractivity contribution in [3.63, 3.8) is 0 Å². The van der Waals surface area contributed by atoms with Crippen molar-refractivity contribution in [3.05, 3.63) is 65.5 Å². The smallest absolute Gasteiger partial charge is 0.317 e. The Labute approximate surface area is 191 Å². The lowest BCUT2D eigenvalue weighted by atomic mass is 9.97. The quantitative estimate of drug-likeness (QED) is 0.601. The lowest BCUT2D eigenvalue weighted by molar-refractivity contribution is 0.149. The van der Waals surface area contributed by atoms with Crippen LogP contribution in [-0.2, 0) is 13.1 Å². The monoisotopic (exact) mass is 441 g/mol. The van der Waals surface area contributed by atoms with E-state index in [1.165, 1.54) is 12.1 Å². The second-order valence-electron chi connectivity index (χ2n) is 9.28. The number of piperidine rings is 1. The van der Waals surface area contributed by atoms with E-state index < -0.39 is 0 Å². The van der Waals surface area contributed by atoms with E-state index in [1.54, 1.807) is 12.1 Å². The zero-order chi connectivity index (χ0) is 22.9. The molecule has 6 heteroatoms. The molecule has 1 fully saturated rings. The highest BCUT2D eigenvalue weighted by Crippen LogP contribution is 2.19. The second kappa shape index (κ2) is 11.9. The summed E-state index contributed by atoms with van der Waals surface area (Å²) in [6.45, 7) is 8.63. The lowest BCUT2D eigenvalue weighted by Gasteiger charge is -2.34. The lowest BCUT2D eigenvalue weighted by Crippen LogP contribution is -2.45. The molecule has 32 heavy (non-hydrogen) atoms. The number of hydrogen-bond donors (Lipinski definition) is 1. The van der Waals surface area contributed by atoms with E-state index in [1.807, 2.05) is 29.2 Å². The van der Waals surface area contributed by atoms with Crippen molar-refractivity contribution in [2.24, 2.45) is 11.8 Å². The van der Waals surface area contributed by atoms with Gasteiger partial charge in [-0.3, -0.25) is 0 Å². The highest BCUT2D eigenvalue weighted by Gasteiger charge is 2.23. The Bertz CT molecular complexity index is 839. The van der Waals surface area contributed by atoms with Crippen molar-refractivity contribution in [2.75, 3.05) is 33.3 Å². The standard InChI is InChI=1S/C26H36FN3O2/c1-20(2)19-32-25-12-8-21(9-13-25)15-28-26(31)30(17-22-6-10-24(27)11-7-22)18-23-5-4-14-29(3)16-23/h6-13,20,23H,4-5,14-19H2,1-3H3,(H,28,31)/t23-/m0/s1. The first-order valence-electron chi connectivity index (χ1n) is 11.6. The van der Waals surface area contributed by atoms with Gasteiger partial charge >= 0.3 is 6.03 Å². The third-order valence-electron chi connectivity index (χ3n) is 5.72. The van der Waals surface area contributed by atoms with Crippen LogP contribution in [0.4, 0.5) is 9.18 Å². The minimum atomic E-state index is -0.264. The topological polar surface area (TPSA) is 44.8 Å². The predicted molar refractivity (Wildman–Crippen MR) is 126 cm³/mol.